The van der Waals surface area contributed by atoms with Crippen LogP contribution in [0.4, 0.5) is 0 Å². The molecule has 0 aliphatic heterocycles. The van der Waals surface area contributed by atoms with Gasteiger partial charge in [0.2, 0.25) is 0 Å². The summed E-state index contributed by atoms with van der Waals surface area (Å²) in [6.45, 7) is 1.89. The van der Waals surface area contributed by atoms with E-state index >= 15 is 0 Å². The van der Waals surface area contributed by atoms with Crippen molar-refractivity contribution in [3.8, 4) is 5.69 Å². The molecular formula is C15H10BrCl3N2. The summed E-state index contributed by atoms with van der Waals surface area (Å²) < 4.78 is 2.95. The number of hydrogen-bond donors (Lipinski definition) is 0. The van der Waals surface area contributed by atoms with Crippen molar-refractivity contribution in [2.45, 2.75) is 12.3 Å². The molecular weight excluding hydrogens is 394 g/mol. The second-order valence-electron chi connectivity index (χ2n) is 4.68. The van der Waals surface area contributed by atoms with Crippen molar-refractivity contribution in [1.82, 2.24) is 9.55 Å². The van der Waals surface area contributed by atoms with Gasteiger partial charge in [0.15, 0.2) is 0 Å². The Bertz CT molecular complexity index is 807. The Morgan fingerprint density at radius 3 is 2.38 bits per heavy atom. The minimum atomic E-state index is -0.242. The van der Waals surface area contributed by atoms with Gasteiger partial charge in [-0.1, -0.05) is 39.1 Å². The van der Waals surface area contributed by atoms with Gasteiger partial charge < -0.3 is 0 Å². The number of benzene rings is 2. The highest BCUT2D eigenvalue weighted by atomic mass is 79.9. The van der Waals surface area contributed by atoms with Crippen LogP contribution in [0.1, 0.15) is 18.1 Å². The number of nitrogens with zero attached hydrogens (tertiary/aromatic N) is 2. The predicted octanol–water partition coefficient (Wildman–Crippen LogP) is 6.39. The Kier molecular flexibility index (Phi) is 4.19. The van der Waals surface area contributed by atoms with Crippen molar-refractivity contribution in [1.29, 1.82) is 0 Å². The van der Waals surface area contributed by atoms with Crippen molar-refractivity contribution < 1.29 is 0 Å². The van der Waals surface area contributed by atoms with Crippen molar-refractivity contribution in [2.75, 3.05) is 0 Å². The smallest absolute Gasteiger partial charge is 0.132 e. The van der Waals surface area contributed by atoms with Crippen molar-refractivity contribution in [2.24, 2.45) is 0 Å². The Morgan fingerprint density at radius 2 is 1.76 bits per heavy atom. The summed E-state index contributed by atoms with van der Waals surface area (Å²) in [6, 6.07) is 11.3. The maximum absolute atomic E-state index is 6.29. The molecule has 0 spiro atoms. The molecule has 0 N–H and O–H groups in total. The van der Waals surface area contributed by atoms with Crippen LogP contribution in [0.2, 0.25) is 10.0 Å². The third-order valence-corrected chi connectivity index (χ3v) is 4.23. The normalized spacial score (nSPS) is 12.8. The molecule has 1 aromatic heterocycles. The fourth-order valence-corrected chi connectivity index (χ4v) is 3.28. The number of rotatable bonds is 2. The van der Waals surface area contributed by atoms with Crippen LogP contribution in [-0.2, 0) is 0 Å². The highest BCUT2D eigenvalue weighted by Crippen LogP contribution is 2.32. The summed E-state index contributed by atoms with van der Waals surface area (Å²) in [6.07, 6.45) is 0. The molecule has 6 heteroatoms. The summed E-state index contributed by atoms with van der Waals surface area (Å²) >= 11 is 22.0. The van der Waals surface area contributed by atoms with Crippen molar-refractivity contribution in [3.05, 3.63) is 56.7 Å². The molecule has 1 heterocycles. The van der Waals surface area contributed by atoms with Gasteiger partial charge in [0.1, 0.15) is 5.82 Å². The average Bonchev–Trinajstić information content (AvgIpc) is 2.76. The van der Waals surface area contributed by atoms with Gasteiger partial charge in [0, 0.05) is 14.5 Å². The summed E-state index contributed by atoms with van der Waals surface area (Å²) in [5.41, 5.74) is 2.66. The van der Waals surface area contributed by atoms with Crippen LogP contribution in [0.15, 0.2) is 40.9 Å². The number of fused-ring (bicyclic) bond motifs is 1. The SMILES string of the molecule is CC(Cl)c1nc2ccc(Br)cc2n1-c1cc(Cl)cc(Cl)c1. The van der Waals surface area contributed by atoms with Crippen LogP contribution in [-0.4, -0.2) is 9.55 Å². The molecule has 0 radical (unpaired) electrons. The molecule has 2 aromatic carbocycles. The number of alkyl halides is 1. The maximum Gasteiger partial charge on any atom is 0.132 e. The largest absolute Gasteiger partial charge is 0.295 e. The van der Waals surface area contributed by atoms with E-state index in [2.05, 4.69) is 20.9 Å². The maximum atomic E-state index is 6.29. The monoisotopic (exact) mass is 402 g/mol. The quantitative estimate of drug-likeness (QED) is 0.452. The fourth-order valence-electron chi connectivity index (χ4n) is 2.27. The summed E-state index contributed by atoms with van der Waals surface area (Å²) in [5, 5.41) is 0.902. The number of aromatic nitrogens is 2. The lowest BCUT2D eigenvalue weighted by Gasteiger charge is -2.11. The van der Waals surface area contributed by atoms with Crippen molar-refractivity contribution in [3.63, 3.8) is 0 Å². The van der Waals surface area contributed by atoms with Gasteiger partial charge in [-0.15, -0.1) is 11.6 Å². The zero-order valence-corrected chi connectivity index (χ0v) is 14.8. The first-order chi connectivity index (χ1) is 9.95. The minimum absolute atomic E-state index is 0.242. The van der Waals surface area contributed by atoms with E-state index in [1.807, 2.05) is 41.8 Å². The lowest BCUT2D eigenvalue weighted by molar-refractivity contribution is 0.882. The summed E-state index contributed by atoms with van der Waals surface area (Å²) in [4.78, 5) is 4.61. The lowest BCUT2D eigenvalue weighted by atomic mass is 10.2. The standard InChI is InChI=1S/C15H10BrCl3N2/c1-8(17)15-20-13-3-2-9(16)4-14(13)21(15)12-6-10(18)5-11(19)7-12/h2-8H,1H3. The highest BCUT2D eigenvalue weighted by Gasteiger charge is 2.17. The molecule has 0 saturated carbocycles. The molecule has 0 aliphatic carbocycles. The Labute approximate surface area is 145 Å². The van der Waals surface area contributed by atoms with Gasteiger partial charge in [-0.2, -0.15) is 0 Å². The number of imidazole rings is 1. The second kappa shape index (κ2) is 5.81. The zero-order valence-electron chi connectivity index (χ0n) is 10.9. The van der Waals surface area contributed by atoms with Gasteiger partial charge >= 0.3 is 0 Å². The van der Waals surface area contributed by atoms with Crippen LogP contribution in [0.25, 0.3) is 16.7 Å². The van der Waals surface area contributed by atoms with Crippen LogP contribution >= 0.6 is 50.7 Å². The van der Waals surface area contributed by atoms with E-state index in [1.54, 1.807) is 6.07 Å². The van der Waals surface area contributed by atoms with Crippen LogP contribution in [0.3, 0.4) is 0 Å². The van der Waals surface area contributed by atoms with Crippen LogP contribution in [0, 0.1) is 0 Å². The summed E-state index contributed by atoms with van der Waals surface area (Å²) in [7, 11) is 0. The summed E-state index contributed by atoms with van der Waals surface area (Å²) in [5.74, 6) is 0.753. The molecule has 0 aliphatic rings. The highest BCUT2D eigenvalue weighted by molar-refractivity contribution is 9.10. The topological polar surface area (TPSA) is 17.8 Å². The molecule has 0 fully saturated rings. The molecule has 3 aromatic rings. The third-order valence-electron chi connectivity index (χ3n) is 3.10. The molecule has 1 atom stereocenters. The Hall–Kier alpha value is -0.740. The number of halogens is 4. The van der Waals surface area contributed by atoms with E-state index in [1.165, 1.54) is 0 Å². The molecule has 0 amide bonds. The van der Waals surface area contributed by atoms with Crippen molar-refractivity contribution >= 4 is 61.8 Å². The Balaban J connectivity index is 2.38. The molecule has 21 heavy (non-hydrogen) atoms. The van der Waals surface area contributed by atoms with Gasteiger partial charge in [-0.05, 0) is 43.3 Å². The molecule has 108 valence electrons. The van der Waals surface area contributed by atoms with Crippen LogP contribution in [0.5, 0.6) is 0 Å². The van der Waals surface area contributed by atoms with E-state index in [9.17, 15) is 0 Å². The molecule has 3 rings (SSSR count). The van der Waals surface area contributed by atoms with Gasteiger partial charge in [-0.25, -0.2) is 4.98 Å². The molecule has 2 nitrogen and oxygen atoms in total. The predicted molar refractivity (Wildman–Crippen MR) is 93.1 cm³/mol. The van der Waals surface area contributed by atoms with E-state index < -0.39 is 0 Å². The van der Waals surface area contributed by atoms with E-state index in [4.69, 9.17) is 34.8 Å². The average molecular weight is 405 g/mol. The Morgan fingerprint density at radius 1 is 1.10 bits per heavy atom. The van der Waals surface area contributed by atoms with Crippen LogP contribution < -0.4 is 0 Å². The fraction of sp³-hybridized carbons (Fsp3) is 0.133. The first kappa shape index (κ1) is 15.2. The molecule has 0 saturated heterocycles. The van der Waals surface area contributed by atoms with Gasteiger partial charge in [-0.3, -0.25) is 4.57 Å². The van der Waals surface area contributed by atoms with E-state index in [0.29, 0.717) is 10.0 Å². The number of hydrogen-bond acceptors (Lipinski definition) is 1. The third kappa shape index (κ3) is 2.93. The van der Waals surface area contributed by atoms with E-state index in [-0.39, 0.29) is 5.38 Å². The zero-order chi connectivity index (χ0) is 15.1. The van der Waals surface area contributed by atoms with Gasteiger partial charge in [0.25, 0.3) is 0 Å². The first-order valence-corrected chi connectivity index (χ1v) is 8.22. The molecule has 1 unspecified atom stereocenters. The lowest BCUT2D eigenvalue weighted by Crippen LogP contribution is -2.02. The van der Waals surface area contributed by atoms with E-state index in [0.717, 1.165) is 27.0 Å². The van der Waals surface area contributed by atoms with Gasteiger partial charge in [0.05, 0.1) is 22.1 Å². The second-order valence-corrected chi connectivity index (χ2v) is 7.13. The minimum Gasteiger partial charge on any atom is -0.295 e. The first-order valence-electron chi connectivity index (χ1n) is 6.24. The molecule has 0 bridgehead atoms.